The number of carbonyl (C=O) groups excluding carboxylic acids is 1. The smallest absolute Gasteiger partial charge is 0.254 e. The number of aryl methyl sites for hydroxylation is 1. The molecular weight excluding hydrogens is 183 g/mol. The molecule has 0 aliphatic carbocycles. The van der Waals surface area contributed by atoms with Gasteiger partial charge in [-0.2, -0.15) is 0 Å². The summed E-state index contributed by atoms with van der Waals surface area (Å²) in [6, 6.07) is 4.49. The molecule has 4 heteroatoms. The van der Waals surface area contributed by atoms with Crippen molar-refractivity contribution < 1.29 is 9.18 Å². The second-order valence-electron chi connectivity index (χ2n) is 3.03. The summed E-state index contributed by atoms with van der Waals surface area (Å²) >= 11 is 0. The summed E-state index contributed by atoms with van der Waals surface area (Å²) in [5.41, 5.74) is 6.06. The SMILES string of the molecule is Cc1ccc(C(=O)NCCN)c(F)c1. The number of benzene rings is 1. The van der Waals surface area contributed by atoms with Gasteiger partial charge in [-0.15, -0.1) is 0 Å². The molecule has 0 heterocycles. The summed E-state index contributed by atoms with van der Waals surface area (Å²) in [5, 5.41) is 2.50. The lowest BCUT2D eigenvalue weighted by molar-refractivity contribution is 0.0951. The van der Waals surface area contributed by atoms with E-state index >= 15 is 0 Å². The van der Waals surface area contributed by atoms with Crippen molar-refractivity contribution in [2.45, 2.75) is 6.92 Å². The van der Waals surface area contributed by atoms with Crippen molar-refractivity contribution in [3.8, 4) is 0 Å². The van der Waals surface area contributed by atoms with Gasteiger partial charge in [0.1, 0.15) is 5.82 Å². The van der Waals surface area contributed by atoms with Gasteiger partial charge < -0.3 is 11.1 Å². The Kier molecular flexibility index (Phi) is 3.59. The van der Waals surface area contributed by atoms with E-state index in [1.807, 2.05) is 0 Å². The molecule has 0 radical (unpaired) electrons. The number of hydrogen-bond donors (Lipinski definition) is 2. The van der Waals surface area contributed by atoms with Crippen LogP contribution in [-0.2, 0) is 0 Å². The molecule has 0 aliphatic rings. The molecule has 0 aliphatic heterocycles. The maximum Gasteiger partial charge on any atom is 0.254 e. The number of hydrogen-bond acceptors (Lipinski definition) is 2. The molecule has 0 atom stereocenters. The van der Waals surface area contributed by atoms with Crippen LogP contribution in [0.2, 0.25) is 0 Å². The zero-order chi connectivity index (χ0) is 10.6. The zero-order valence-electron chi connectivity index (χ0n) is 8.01. The summed E-state index contributed by atoms with van der Waals surface area (Å²) in [5.74, 6) is -0.924. The van der Waals surface area contributed by atoms with Crippen molar-refractivity contribution in [1.82, 2.24) is 5.32 Å². The number of carbonyl (C=O) groups is 1. The fourth-order valence-corrected chi connectivity index (χ4v) is 1.09. The first-order valence-electron chi connectivity index (χ1n) is 4.39. The van der Waals surface area contributed by atoms with Gasteiger partial charge >= 0.3 is 0 Å². The Morgan fingerprint density at radius 2 is 2.29 bits per heavy atom. The van der Waals surface area contributed by atoms with Crippen molar-refractivity contribution in [2.24, 2.45) is 5.73 Å². The van der Waals surface area contributed by atoms with E-state index < -0.39 is 11.7 Å². The molecule has 14 heavy (non-hydrogen) atoms. The van der Waals surface area contributed by atoms with Crippen LogP contribution in [0, 0.1) is 12.7 Å². The van der Waals surface area contributed by atoms with E-state index in [1.165, 1.54) is 12.1 Å². The largest absolute Gasteiger partial charge is 0.351 e. The van der Waals surface area contributed by atoms with Crippen LogP contribution in [-0.4, -0.2) is 19.0 Å². The predicted molar refractivity (Wildman–Crippen MR) is 52.5 cm³/mol. The number of amides is 1. The number of rotatable bonds is 3. The van der Waals surface area contributed by atoms with E-state index in [4.69, 9.17) is 5.73 Å². The average Bonchev–Trinajstić information content (AvgIpc) is 2.14. The molecule has 0 bridgehead atoms. The summed E-state index contributed by atoms with van der Waals surface area (Å²) in [6.07, 6.45) is 0. The Hall–Kier alpha value is -1.42. The van der Waals surface area contributed by atoms with Crippen molar-refractivity contribution in [1.29, 1.82) is 0 Å². The Balaban J connectivity index is 2.80. The second kappa shape index (κ2) is 4.72. The van der Waals surface area contributed by atoms with E-state index in [0.717, 1.165) is 5.56 Å². The first-order chi connectivity index (χ1) is 6.65. The molecule has 0 saturated carbocycles. The van der Waals surface area contributed by atoms with Crippen LogP contribution in [0.1, 0.15) is 15.9 Å². The highest BCUT2D eigenvalue weighted by Gasteiger charge is 2.09. The fourth-order valence-electron chi connectivity index (χ4n) is 1.09. The molecular formula is C10H13FN2O. The molecule has 76 valence electrons. The van der Waals surface area contributed by atoms with Crippen molar-refractivity contribution in [3.05, 3.63) is 35.1 Å². The normalized spacial score (nSPS) is 9.93. The topological polar surface area (TPSA) is 55.1 Å². The minimum atomic E-state index is -0.500. The van der Waals surface area contributed by atoms with Crippen molar-refractivity contribution >= 4 is 5.91 Å². The summed E-state index contributed by atoms with van der Waals surface area (Å²) in [6.45, 7) is 2.47. The van der Waals surface area contributed by atoms with E-state index in [0.29, 0.717) is 13.1 Å². The summed E-state index contributed by atoms with van der Waals surface area (Å²) in [4.78, 5) is 11.3. The van der Waals surface area contributed by atoms with Crippen LogP contribution >= 0.6 is 0 Å². The van der Waals surface area contributed by atoms with Crippen LogP contribution in [0.25, 0.3) is 0 Å². The third-order valence-electron chi connectivity index (χ3n) is 1.80. The second-order valence-corrected chi connectivity index (χ2v) is 3.03. The van der Waals surface area contributed by atoms with Gasteiger partial charge in [0.25, 0.3) is 5.91 Å². The van der Waals surface area contributed by atoms with Gasteiger partial charge in [0.05, 0.1) is 5.56 Å². The van der Waals surface area contributed by atoms with Gasteiger partial charge in [-0.1, -0.05) is 6.07 Å². The van der Waals surface area contributed by atoms with Crippen molar-refractivity contribution in [3.63, 3.8) is 0 Å². The van der Waals surface area contributed by atoms with Crippen LogP contribution in [0.15, 0.2) is 18.2 Å². The molecule has 0 fully saturated rings. The molecule has 0 saturated heterocycles. The Morgan fingerprint density at radius 1 is 1.57 bits per heavy atom. The highest BCUT2D eigenvalue weighted by atomic mass is 19.1. The maximum absolute atomic E-state index is 13.2. The van der Waals surface area contributed by atoms with Gasteiger partial charge in [-0.05, 0) is 24.6 Å². The van der Waals surface area contributed by atoms with Gasteiger partial charge in [-0.25, -0.2) is 4.39 Å². The summed E-state index contributed by atoms with van der Waals surface area (Å²) in [7, 11) is 0. The standard InChI is InChI=1S/C10H13FN2O/c1-7-2-3-8(9(11)6-7)10(14)13-5-4-12/h2-3,6H,4-5,12H2,1H3,(H,13,14). The number of nitrogens with two attached hydrogens (primary N) is 1. The van der Waals surface area contributed by atoms with Crippen LogP contribution < -0.4 is 11.1 Å². The molecule has 3 nitrogen and oxygen atoms in total. The van der Waals surface area contributed by atoms with Gasteiger partial charge in [0.2, 0.25) is 0 Å². The van der Waals surface area contributed by atoms with E-state index in [-0.39, 0.29) is 5.56 Å². The van der Waals surface area contributed by atoms with E-state index in [2.05, 4.69) is 5.32 Å². The lowest BCUT2D eigenvalue weighted by atomic mass is 10.1. The molecule has 1 rings (SSSR count). The average molecular weight is 196 g/mol. The number of halogens is 1. The molecule has 1 aromatic rings. The lowest BCUT2D eigenvalue weighted by Gasteiger charge is -2.04. The molecule has 0 unspecified atom stereocenters. The fraction of sp³-hybridized carbons (Fsp3) is 0.300. The first-order valence-corrected chi connectivity index (χ1v) is 4.39. The summed E-state index contributed by atoms with van der Waals surface area (Å²) < 4.78 is 13.2. The Labute approximate surface area is 82.1 Å². The highest BCUT2D eigenvalue weighted by Crippen LogP contribution is 2.09. The van der Waals surface area contributed by atoms with E-state index in [9.17, 15) is 9.18 Å². The molecule has 1 amide bonds. The van der Waals surface area contributed by atoms with Crippen LogP contribution in [0.5, 0.6) is 0 Å². The first kappa shape index (κ1) is 10.7. The van der Waals surface area contributed by atoms with Crippen LogP contribution in [0.4, 0.5) is 4.39 Å². The Morgan fingerprint density at radius 3 is 2.86 bits per heavy atom. The molecule has 0 spiro atoms. The maximum atomic E-state index is 13.2. The minimum Gasteiger partial charge on any atom is -0.351 e. The number of nitrogens with one attached hydrogen (secondary N) is 1. The predicted octanol–water partition coefficient (Wildman–Crippen LogP) is 0.823. The van der Waals surface area contributed by atoms with E-state index in [1.54, 1.807) is 13.0 Å². The third kappa shape index (κ3) is 2.53. The Bertz CT molecular complexity index is 339. The van der Waals surface area contributed by atoms with Gasteiger partial charge in [0, 0.05) is 13.1 Å². The molecule has 3 N–H and O–H groups in total. The molecule has 1 aromatic carbocycles. The third-order valence-corrected chi connectivity index (χ3v) is 1.80. The quantitative estimate of drug-likeness (QED) is 0.752. The van der Waals surface area contributed by atoms with Crippen LogP contribution in [0.3, 0.4) is 0 Å². The van der Waals surface area contributed by atoms with Gasteiger partial charge in [0.15, 0.2) is 0 Å². The van der Waals surface area contributed by atoms with Crippen molar-refractivity contribution in [2.75, 3.05) is 13.1 Å². The molecule has 0 aromatic heterocycles. The lowest BCUT2D eigenvalue weighted by Crippen LogP contribution is -2.29. The minimum absolute atomic E-state index is 0.0593. The monoisotopic (exact) mass is 196 g/mol. The zero-order valence-corrected chi connectivity index (χ0v) is 8.01. The van der Waals surface area contributed by atoms with Gasteiger partial charge in [-0.3, -0.25) is 4.79 Å². The highest BCUT2D eigenvalue weighted by molar-refractivity contribution is 5.94.